The molecule has 0 aliphatic carbocycles. The molecule has 2 rings (SSSR count). The van der Waals surface area contributed by atoms with Crippen LogP contribution in [0.4, 0.5) is 0 Å². The van der Waals surface area contributed by atoms with Crippen LogP contribution in [0, 0.1) is 0 Å². The van der Waals surface area contributed by atoms with E-state index in [1.165, 1.54) is 16.0 Å². The SMILES string of the molecule is PSc1ccc(-c2ccccc2)cc1. The van der Waals surface area contributed by atoms with Crippen molar-refractivity contribution in [2.24, 2.45) is 0 Å². The predicted octanol–water partition coefficient (Wildman–Crippen LogP) is 4.24. The molecule has 0 N–H and O–H groups in total. The van der Waals surface area contributed by atoms with E-state index in [4.69, 9.17) is 0 Å². The van der Waals surface area contributed by atoms with Gasteiger partial charge in [0.1, 0.15) is 0 Å². The molecule has 70 valence electrons. The molecular formula is C12H11PS. The smallest absolute Gasteiger partial charge is 0.0111 e. The van der Waals surface area contributed by atoms with Gasteiger partial charge in [-0.3, -0.25) is 0 Å². The summed E-state index contributed by atoms with van der Waals surface area (Å²) in [4.78, 5) is 1.27. The molecule has 0 heterocycles. The molecule has 2 aromatic rings. The van der Waals surface area contributed by atoms with Crippen molar-refractivity contribution in [3.63, 3.8) is 0 Å². The van der Waals surface area contributed by atoms with Crippen LogP contribution in [0.2, 0.25) is 0 Å². The second-order valence-electron chi connectivity index (χ2n) is 3.01. The summed E-state index contributed by atoms with van der Waals surface area (Å²) in [6.07, 6.45) is 0. The van der Waals surface area contributed by atoms with E-state index in [0.717, 1.165) is 0 Å². The van der Waals surface area contributed by atoms with Crippen molar-refractivity contribution in [1.82, 2.24) is 0 Å². The molecule has 0 amide bonds. The van der Waals surface area contributed by atoms with E-state index in [0.29, 0.717) is 0 Å². The van der Waals surface area contributed by atoms with Gasteiger partial charge in [0.05, 0.1) is 0 Å². The van der Waals surface area contributed by atoms with Crippen LogP contribution < -0.4 is 0 Å². The van der Waals surface area contributed by atoms with E-state index in [1.807, 2.05) is 6.07 Å². The van der Waals surface area contributed by atoms with E-state index < -0.39 is 0 Å². The average Bonchev–Trinajstić information content (AvgIpc) is 2.30. The maximum Gasteiger partial charge on any atom is 0.0111 e. The molecular weight excluding hydrogens is 207 g/mol. The topological polar surface area (TPSA) is 0 Å². The van der Waals surface area contributed by atoms with E-state index >= 15 is 0 Å². The molecule has 2 aromatic carbocycles. The van der Waals surface area contributed by atoms with Gasteiger partial charge in [-0.25, -0.2) is 0 Å². The van der Waals surface area contributed by atoms with Gasteiger partial charge >= 0.3 is 0 Å². The fourth-order valence-electron chi connectivity index (χ4n) is 1.36. The Balaban J connectivity index is 2.34. The number of rotatable bonds is 2. The van der Waals surface area contributed by atoms with Crippen molar-refractivity contribution in [2.45, 2.75) is 4.90 Å². The lowest BCUT2D eigenvalue weighted by Gasteiger charge is -2.01. The number of benzene rings is 2. The summed E-state index contributed by atoms with van der Waals surface area (Å²) < 4.78 is 0. The van der Waals surface area contributed by atoms with Crippen molar-refractivity contribution in [3.8, 4) is 11.1 Å². The van der Waals surface area contributed by atoms with Crippen molar-refractivity contribution in [2.75, 3.05) is 0 Å². The molecule has 0 spiro atoms. The second kappa shape index (κ2) is 4.63. The van der Waals surface area contributed by atoms with E-state index in [9.17, 15) is 0 Å². The lowest BCUT2D eigenvalue weighted by atomic mass is 10.1. The van der Waals surface area contributed by atoms with Gasteiger partial charge in [-0.05, 0) is 23.3 Å². The fourth-order valence-corrected chi connectivity index (χ4v) is 2.12. The Hall–Kier alpha value is -0.780. The largest absolute Gasteiger partial charge is 0.105 e. The molecule has 0 bridgehead atoms. The monoisotopic (exact) mass is 218 g/mol. The summed E-state index contributed by atoms with van der Waals surface area (Å²) in [6, 6.07) is 19.0. The Kier molecular flexibility index (Phi) is 3.23. The van der Waals surface area contributed by atoms with E-state index in [2.05, 4.69) is 57.0 Å². The van der Waals surface area contributed by atoms with Crippen LogP contribution in [0.15, 0.2) is 59.5 Å². The Morgan fingerprint density at radius 2 is 1.29 bits per heavy atom. The number of hydrogen-bond donors (Lipinski definition) is 0. The zero-order valence-electron chi connectivity index (χ0n) is 7.68. The van der Waals surface area contributed by atoms with Crippen LogP contribution in [0.1, 0.15) is 0 Å². The van der Waals surface area contributed by atoms with Gasteiger partial charge < -0.3 is 0 Å². The van der Waals surface area contributed by atoms with Gasteiger partial charge in [0.25, 0.3) is 0 Å². The van der Waals surface area contributed by atoms with Crippen molar-refractivity contribution >= 4 is 19.8 Å². The first-order chi connectivity index (χ1) is 6.90. The Bertz CT molecular complexity index is 394. The lowest BCUT2D eigenvalue weighted by Crippen LogP contribution is -1.75. The molecule has 0 aliphatic rings. The van der Waals surface area contributed by atoms with Gasteiger partial charge in [-0.15, -0.1) is 11.4 Å². The highest BCUT2D eigenvalue weighted by atomic mass is 32.7. The molecule has 0 nitrogen and oxygen atoms in total. The van der Waals surface area contributed by atoms with E-state index in [1.54, 1.807) is 11.4 Å². The van der Waals surface area contributed by atoms with Crippen molar-refractivity contribution in [1.29, 1.82) is 0 Å². The van der Waals surface area contributed by atoms with Gasteiger partial charge in [-0.1, -0.05) is 50.9 Å². The highest BCUT2D eigenvalue weighted by molar-refractivity contribution is 8.43. The average molecular weight is 218 g/mol. The van der Waals surface area contributed by atoms with Gasteiger partial charge in [0.2, 0.25) is 0 Å². The van der Waals surface area contributed by atoms with Crippen LogP contribution in [0.5, 0.6) is 0 Å². The highest BCUT2D eigenvalue weighted by Crippen LogP contribution is 2.27. The lowest BCUT2D eigenvalue weighted by molar-refractivity contribution is 1.47. The third-order valence-electron chi connectivity index (χ3n) is 2.10. The van der Waals surface area contributed by atoms with Crippen LogP contribution >= 0.6 is 19.8 Å². The summed E-state index contributed by atoms with van der Waals surface area (Å²) in [5, 5.41) is 0. The van der Waals surface area contributed by atoms with Crippen LogP contribution in [-0.2, 0) is 0 Å². The first kappa shape index (κ1) is 9.76. The Morgan fingerprint density at radius 1 is 0.714 bits per heavy atom. The van der Waals surface area contributed by atoms with Crippen LogP contribution in [0.25, 0.3) is 11.1 Å². The molecule has 1 unspecified atom stereocenters. The molecule has 0 fully saturated rings. The third-order valence-corrected chi connectivity index (χ3v) is 3.46. The van der Waals surface area contributed by atoms with Crippen molar-refractivity contribution in [3.05, 3.63) is 54.6 Å². The molecule has 0 aromatic heterocycles. The number of hydrogen-bond acceptors (Lipinski definition) is 1. The summed E-state index contributed by atoms with van der Waals surface area (Å²) >= 11 is 1.69. The maximum absolute atomic E-state index is 2.65. The van der Waals surface area contributed by atoms with Gasteiger partial charge in [-0.2, -0.15) is 0 Å². The molecule has 0 aliphatic heterocycles. The summed E-state index contributed by atoms with van der Waals surface area (Å²) in [5.41, 5.74) is 2.54. The molecule has 0 saturated carbocycles. The molecule has 0 radical (unpaired) electrons. The highest BCUT2D eigenvalue weighted by Gasteiger charge is 1.95. The quantitative estimate of drug-likeness (QED) is 0.679. The maximum atomic E-state index is 2.65. The fraction of sp³-hybridized carbons (Fsp3) is 0. The molecule has 14 heavy (non-hydrogen) atoms. The van der Waals surface area contributed by atoms with Crippen LogP contribution in [-0.4, -0.2) is 0 Å². The summed E-state index contributed by atoms with van der Waals surface area (Å²) in [7, 11) is 2.65. The first-order valence-corrected chi connectivity index (χ1v) is 6.72. The molecule has 0 saturated heterocycles. The minimum Gasteiger partial charge on any atom is -0.105 e. The first-order valence-electron chi connectivity index (χ1n) is 4.42. The summed E-state index contributed by atoms with van der Waals surface area (Å²) in [5.74, 6) is 0. The van der Waals surface area contributed by atoms with Gasteiger partial charge in [0, 0.05) is 4.90 Å². The Labute approximate surface area is 90.7 Å². The minimum atomic E-state index is 1.27. The summed E-state index contributed by atoms with van der Waals surface area (Å²) in [6.45, 7) is 0. The zero-order valence-corrected chi connectivity index (χ0v) is 9.65. The third kappa shape index (κ3) is 2.17. The molecule has 1 atom stereocenters. The zero-order chi connectivity index (χ0) is 9.80. The minimum absolute atomic E-state index is 1.27. The van der Waals surface area contributed by atoms with Crippen molar-refractivity contribution < 1.29 is 0 Å². The second-order valence-corrected chi connectivity index (χ2v) is 4.42. The van der Waals surface area contributed by atoms with Crippen LogP contribution in [0.3, 0.4) is 0 Å². The van der Waals surface area contributed by atoms with Gasteiger partial charge in [0.15, 0.2) is 0 Å². The predicted molar refractivity (Wildman–Crippen MR) is 67.4 cm³/mol. The van der Waals surface area contributed by atoms with E-state index in [-0.39, 0.29) is 0 Å². The standard InChI is InChI=1S/C12H11PS/c13-14-12-8-6-11(7-9-12)10-4-2-1-3-5-10/h1-9H,13H2. The molecule has 2 heteroatoms. The Morgan fingerprint density at radius 3 is 1.86 bits per heavy atom. The normalized spacial score (nSPS) is 10.1.